The van der Waals surface area contributed by atoms with Crippen molar-refractivity contribution in [3.63, 3.8) is 0 Å². The summed E-state index contributed by atoms with van der Waals surface area (Å²) in [6, 6.07) is 16.4. The highest BCUT2D eigenvalue weighted by Gasteiger charge is 2.26. The molecule has 0 bridgehead atoms. The van der Waals surface area contributed by atoms with E-state index in [1.54, 1.807) is 18.7 Å². The van der Waals surface area contributed by atoms with Crippen molar-refractivity contribution in [2.45, 2.75) is 55.6 Å². The number of nitrogens with zero attached hydrogens (tertiary/aromatic N) is 6. The molecule has 6 rings (SSSR count). The van der Waals surface area contributed by atoms with E-state index in [9.17, 15) is 4.79 Å². The minimum atomic E-state index is -0.200. The van der Waals surface area contributed by atoms with E-state index in [1.165, 1.54) is 4.68 Å². The van der Waals surface area contributed by atoms with Crippen LogP contribution >= 0.6 is 11.8 Å². The van der Waals surface area contributed by atoms with Crippen LogP contribution in [0.3, 0.4) is 0 Å². The van der Waals surface area contributed by atoms with Crippen LogP contribution in [0.5, 0.6) is 0 Å². The quantitative estimate of drug-likeness (QED) is 0.404. The molecular weight excluding hydrogens is 494 g/mol. The zero-order chi connectivity index (χ0) is 26.2. The van der Waals surface area contributed by atoms with Crippen LogP contribution in [0.15, 0.2) is 68.1 Å². The summed E-state index contributed by atoms with van der Waals surface area (Å²) in [6.07, 6.45) is 1.98. The summed E-state index contributed by atoms with van der Waals surface area (Å²) in [4.78, 5) is 28.3. The number of aliphatic imine (C=N–C) groups is 1. The van der Waals surface area contributed by atoms with Gasteiger partial charge in [0.15, 0.2) is 0 Å². The second-order valence-corrected chi connectivity index (χ2v) is 10.7. The molecule has 0 aliphatic carbocycles. The molecule has 38 heavy (non-hydrogen) atoms. The number of fused-ring (bicyclic) bond motifs is 3. The van der Waals surface area contributed by atoms with Crippen LogP contribution in [0.4, 0.5) is 11.6 Å². The van der Waals surface area contributed by atoms with Gasteiger partial charge in [-0.1, -0.05) is 48.0 Å². The van der Waals surface area contributed by atoms with Gasteiger partial charge in [-0.05, 0) is 44.9 Å². The number of anilines is 1. The Balaban J connectivity index is 1.50. The zero-order valence-corrected chi connectivity index (χ0v) is 22.3. The number of rotatable bonds is 4. The standard InChI is InChI=1S/C29H29N7OS/c1-3-4-16-35-27-26(32-29(35)34-15-9-10-20(30)17-34)19(2)33-36(28(27)37)18-23-21-11-5-7-13-24(21)38-25-14-8-6-12-22(25)31-23/h5-8,11-14,20H,9-10,15-18,30H2,1-2H3. The highest BCUT2D eigenvalue weighted by atomic mass is 32.2. The van der Waals surface area contributed by atoms with Gasteiger partial charge < -0.3 is 10.6 Å². The third-order valence-corrected chi connectivity index (χ3v) is 8.13. The van der Waals surface area contributed by atoms with Gasteiger partial charge in [0.05, 0.1) is 30.2 Å². The molecule has 0 radical (unpaired) electrons. The number of piperidine rings is 1. The first-order valence-corrected chi connectivity index (χ1v) is 13.7. The van der Waals surface area contributed by atoms with E-state index in [-0.39, 0.29) is 18.1 Å². The van der Waals surface area contributed by atoms with Crippen molar-refractivity contribution in [2.24, 2.45) is 10.7 Å². The van der Waals surface area contributed by atoms with Crippen molar-refractivity contribution in [2.75, 3.05) is 18.0 Å². The van der Waals surface area contributed by atoms with E-state index in [0.29, 0.717) is 29.8 Å². The summed E-state index contributed by atoms with van der Waals surface area (Å²) in [5.41, 5.74) is 10.6. The van der Waals surface area contributed by atoms with E-state index in [4.69, 9.17) is 20.8 Å². The van der Waals surface area contributed by atoms with Crippen molar-refractivity contribution in [1.29, 1.82) is 0 Å². The van der Waals surface area contributed by atoms with Crippen molar-refractivity contribution in [1.82, 2.24) is 19.3 Å². The molecule has 9 heteroatoms. The first-order chi connectivity index (χ1) is 18.5. The van der Waals surface area contributed by atoms with Crippen LogP contribution in [-0.4, -0.2) is 44.2 Å². The smallest absolute Gasteiger partial charge is 0.293 e. The van der Waals surface area contributed by atoms with Crippen LogP contribution < -0.4 is 16.2 Å². The molecule has 0 amide bonds. The number of nitrogens with two attached hydrogens (primary N) is 1. The highest BCUT2D eigenvalue weighted by Crippen LogP contribution is 2.40. The number of para-hydroxylation sites is 1. The van der Waals surface area contributed by atoms with Crippen molar-refractivity contribution < 1.29 is 0 Å². The van der Waals surface area contributed by atoms with Crippen molar-refractivity contribution in [3.05, 3.63) is 70.1 Å². The molecule has 2 aliphatic rings. The summed E-state index contributed by atoms with van der Waals surface area (Å²) in [5, 5.41) is 4.71. The fourth-order valence-electron chi connectivity index (χ4n) is 5.17. The monoisotopic (exact) mass is 523 g/mol. The van der Waals surface area contributed by atoms with E-state index in [2.05, 4.69) is 34.9 Å². The van der Waals surface area contributed by atoms with Crippen LogP contribution in [0.25, 0.3) is 11.0 Å². The first kappa shape index (κ1) is 24.5. The van der Waals surface area contributed by atoms with Crippen LogP contribution in [0.2, 0.25) is 0 Å². The number of imidazole rings is 1. The Morgan fingerprint density at radius 3 is 2.74 bits per heavy atom. The summed E-state index contributed by atoms with van der Waals surface area (Å²) < 4.78 is 3.46. The molecule has 8 nitrogen and oxygen atoms in total. The third-order valence-electron chi connectivity index (χ3n) is 6.99. The number of benzene rings is 2. The number of hydrogen-bond acceptors (Lipinski definition) is 7. The predicted molar refractivity (Wildman–Crippen MR) is 153 cm³/mol. The van der Waals surface area contributed by atoms with E-state index in [0.717, 1.165) is 52.1 Å². The van der Waals surface area contributed by atoms with Gasteiger partial charge in [0.1, 0.15) is 11.0 Å². The SMILES string of the molecule is CC#CCn1c(N2CCCC(N)C2)nc2c(C)nn(CC3=Nc4ccccc4Sc4ccccc43)c(=O)c21. The molecule has 1 unspecified atom stereocenters. The maximum absolute atomic E-state index is 14.0. The minimum Gasteiger partial charge on any atom is -0.341 e. The average molecular weight is 524 g/mol. The molecule has 1 fully saturated rings. The average Bonchev–Trinajstić information content (AvgIpc) is 3.23. The molecule has 1 atom stereocenters. The molecule has 2 aromatic carbocycles. The van der Waals surface area contributed by atoms with Crippen LogP contribution in [0.1, 0.15) is 31.0 Å². The molecule has 4 heterocycles. The highest BCUT2D eigenvalue weighted by molar-refractivity contribution is 7.99. The Kier molecular flexibility index (Phi) is 6.52. The van der Waals surface area contributed by atoms with Gasteiger partial charge in [0.2, 0.25) is 5.95 Å². The Labute approximate surface area is 225 Å². The third kappa shape index (κ3) is 4.40. The molecule has 0 spiro atoms. The molecule has 192 valence electrons. The maximum atomic E-state index is 14.0. The van der Waals surface area contributed by atoms with Gasteiger partial charge in [-0.3, -0.25) is 9.36 Å². The molecule has 2 aromatic heterocycles. The van der Waals surface area contributed by atoms with E-state index >= 15 is 0 Å². The number of aromatic nitrogens is 4. The molecular formula is C29H29N7OS. The lowest BCUT2D eigenvalue weighted by atomic mass is 10.1. The summed E-state index contributed by atoms with van der Waals surface area (Å²) in [6.45, 7) is 5.88. The van der Waals surface area contributed by atoms with E-state index in [1.807, 2.05) is 41.8 Å². The molecule has 4 aromatic rings. The van der Waals surface area contributed by atoms with Gasteiger partial charge in [0.25, 0.3) is 5.56 Å². The maximum Gasteiger partial charge on any atom is 0.293 e. The van der Waals surface area contributed by atoms with Crippen LogP contribution in [-0.2, 0) is 13.1 Å². The van der Waals surface area contributed by atoms with Gasteiger partial charge in [-0.25, -0.2) is 14.7 Å². The normalized spacial score (nSPS) is 16.8. The Morgan fingerprint density at radius 2 is 1.92 bits per heavy atom. The van der Waals surface area contributed by atoms with Crippen molar-refractivity contribution in [3.8, 4) is 11.8 Å². The van der Waals surface area contributed by atoms with Crippen LogP contribution in [0, 0.1) is 18.8 Å². The lowest BCUT2D eigenvalue weighted by Crippen LogP contribution is -2.44. The lowest BCUT2D eigenvalue weighted by Gasteiger charge is -2.31. The number of hydrogen-bond donors (Lipinski definition) is 1. The molecule has 2 N–H and O–H groups in total. The molecule has 0 saturated carbocycles. The molecule has 2 aliphatic heterocycles. The second-order valence-electron chi connectivity index (χ2n) is 9.64. The van der Waals surface area contributed by atoms with Gasteiger partial charge in [-0.15, -0.1) is 5.92 Å². The largest absolute Gasteiger partial charge is 0.341 e. The van der Waals surface area contributed by atoms with Crippen molar-refractivity contribution >= 4 is 40.1 Å². The summed E-state index contributed by atoms with van der Waals surface area (Å²) in [7, 11) is 0. The first-order valence-electron chi connectivity index (χ1n) is 12.9. The van der Waals surface area contributed by atoms with Gasteiger partial charge >= 0.3 is 0 Å². The van der Waals surface area contributed by atoms with Gasteiger partial charge in [0, 0.05) is 34.5 Å². The fraction of sp³-hybridized carbons (Fsp3) is 0.310. The minimum absolute atomic E-state index is 0.0826. The Morgan fingerprint density at radius 1 is 1.13 bits per heavy atom. The number of aryl methyl sites for hydroxylation is 1. The van der Waals surface area contributed by atoms with E-state index < -0.39 is 0 Å². The van der Waals surface area contributed by atoms with Gasteiger partial charge in [-0.2, -0.15) is 5.10 Å². The lowest BCUT2D eigenvalue weighted by molar-refractivity contribution is 0.496. The predicted octanol–water partition coefficient (Wildman–Crippen LogP) is 4.14. The Hall–Kier alpha value is -3.87. The zero-order valence-electron chi connectivity index (χ0n) is 21.5. The topological polar surface area (TPSA) is 94.3 Å². The fourth-order valence-corrected chi connectivity index (χ4v) is 6.21. The molecule has 1 saturated heterocycles. The summed E-state index contributed by atoms with van der Waals surface area (Å²) in [5.74, 6) is 6.83. The second kappa shape index (κ2) is 10.1. The Bertz CT molecular complexity index is 1690. The summed E-state index contributed by atoms with van der Waals surface area (Å²) >= 11 is 1.69.